The number of sulfonamides is 1. The lowest BCUT2D eigenvalue weighted by molar-refractivity contribution is -0.106. The summed E-state index contributed by atoms with van der Waals surface area (Å²) in [6.07, 6.45) is -4.83. The Labute approximate surface area is 125 Å². The first-order valence-electron chi connectivity index (χ1n) is 6.12. The topological polar surface area (TPSA) is 68.3 Å². The summed E-state index contributed by atoms with van der Waals surface area (Å²) in [6, 6.07) is 6.30. The van der Waals surface area contributed by atoms with Crippen LogP contribution in [0.4, 0.5) is 18.9 Å². The molecule has 22 heavy (non-hydrogen) atoms. The number of aryl methyl sites for hydroxylation is 1. The zero-order valence-corrected chi connectivity index (χ0v) is 12.5. The van der Waals surface area contributed by atoms with Crippen molar-refractivity contribution in [2.24, 2.45) is 0 Å². The molecule has 0 bridgehead atoms. The monoisotopic (exact) mass is 334 g/mol. The van der Waals surface area contributed by atoms with Gasteiger partial charge in [-0.05, 0) is 19.1 Å². The molecule has 1 N–H and O–H groups in total. The second-order valence-corrected chi connectivity index (χ2v) is 6.40. The first-order valence-corrected chi connectivity index (χ1v) is 7.77. The predicted molar refractivity (Wildman–Crippen MR) is 76.5 cm³/mol. The minimum Gasteiger partial charge on any atom is -0.497 e. The van der Waals surface area contributed by atoms with E-state index < -0.39 is 22.0 Å². The molecule has 1 aromatic heterocycles. The van der Waals surface area contributed by atoms with E-state index in [0.29, 0.717) is 16.8 Å². The molecule has 0 unspecified atom stereocenters. The van der Waals surface area contributed by atoms with Gasteiger partial charge in [-0.3, -0.25) is 9.71 Å². The summed E-state index contributed by atoms with van der Waals surface area (Å²) in [6.45, 7) is 1.69. The molecule has 0 fully saturated rings. The molecule has 120 valence electrons. The maximum atomic E-state index is 12.3. The van der Waals surface area contributed by atoms with Crippen LogP contribution in [0, 0.1) is 6.92 Å². The number of hydrogen-bond donors (Lipinski definition) is 1. The average Bonchev–Trinajstić information content (AvgIpc) is 2.35. The highest BCUT2D eigenvalue weighted by molar-refractivity contribution is 7.92. The van der Waals surface area contributed by atoms with E-state index in [9.17, 15) is 21.6 Å². The van der Waals surface area contributed by atoms with Crippen LogP contribution >= 0.6 is 0 Å². The van der Waals surface area contributed by atoms with Crippen LogP contribution in [0.2, 0.25) is 0 Å². The number of alkyl halides is 3. The smallest absolute Gasteiger partial charge is 0.404 e. The maximum absolute atomic E-state index is 12.3. The highest BCUT2D eigenvalue weighted by atomic mass is 32.2. The van der Waals surface area contributed by atoms with Gasteiger partial charge in [0.15, 0.2) is 5.75 Å². The fourth-order valence-electron chi connectivity index (χ4n) is 1.92. The van der Waals surface area contributed by atoms with E-state index in [0.717, 1.165) is 0 Å². The van der Waals surface area contributed by atoms with Crippen molar-refractivity contribution in [3.63, 3.8) is 0 Å². The van der Waals surface area contributed by atoms with Gasteiger partial charge in [-0.25, -0.2) is 8.42 Å². The van der Waals surface area contributed by atoms with Crippen LogP contribution in [0.15, 0.2) is 24.3 Å². The molecule has 0 atom stereocenters. The zero-order chi connectivity index (χ0) is 16.5. The van der Waals surface area contributed by atoms with E-state index in [2.05, 4.69) is 4.98 Å². The Morgan fingerprint density at radius 1 is 1.27 bits per heavy atom. The molecule has 0 aliphatic rings. The normalized spacial score (nSPS) is 12.4. The van der Waals surface area contributed by atoms with Crippen LogP contribution < -0.4 is 9.46 Å². The van der Waals surface area contributed by atoms with Gasteiger partial charge in [0.2, 0.25) is 10.0 Å². The fourth-order valence-corrected chi connectivity index (χ4v) is 2.91. The van der Waals surface area contributed by atoms with Crippen molar-refractivity contribution in [2.75, 3.05) is 17.6 Å². The molecular formula is C13H13F3N2O3S. The number of nitrogens with zero attached hydrogens (tertiary/aromatic N) is 1. The van der Waals surface area contributed by atoms with Crippen molar-refractivity contribution >= 4 is 26.6 Å². The molecule has 1 heterocycles. The van der Waals surface area contributed by atoms with Crippen LogP contribution in [0.3, 0.4) is 0 Å². The number of hydrogen-bond acceptors (Lipinski definition) is 4. The highest BCUT2D eigenvalue weighted by Gasteiger charge is 2.35. The lowest BCUT2D eigenvalue weighted by atomic mass is 10.1. The number of fused-ring (bicyclic) bond motifs is 1. The summed E-state index contributed by atoms with van der Waals surface area (Å²) in [5.74, 6) is -1.66. The quantitative estimate of drug-likeness (QED) is 0.933. The molecule has 2 rings (SSSR count). The maximum Gasteiger partial charge on any atom is 0.404 e. The Morgan fingerprint density at radius 3 is 2.55 bits per heavy atom. The van der Waals surface area contributed by atoms with Gasteiger partial charge in [0.25, 0.3) is 0 Å². The Bertz CT molecular complexity index is 804. The molecule has 2 aromatic rings. The van der Waals surface area contributed by atoms with E-state index in [4.69, 9.17) is 4.74 Å². The number of pyridine rings is 1. The van der Waals surface area contributed by atoms with E-state index in [-0.39, 0.29) is 11.2 Å². The summed E-state index contributed by atoms with van der Waals surface area (Å²) in [7, 11) is -3.22. The molecule has 5 nitrogen and oxygen atoms in total. The number of nitrogens with one attached hydrogen (secondary N) is 1. The summed E-state index contributed by atoms with van der Waals surface area (Å²) in [4.78, 5) is 4.17. The second kappa shape index (κ2) is 5.64. The number of benzene rings is 1. The minimum absolute atomic E-state index is 0.0534. The SMILES string of the molecule is COc1cc(NS(=O)(=O)CC(F)(F)F)c2nc(C)ccc2c1. The number of ether oxygens (including phenoxy) is 1. The lowest BCUT2D eigenvalue weighted by Gasteiger charge is -2.13. The first kappa shape index (κ1) is 16.3. The number of aromatic nitrogens is 1. The number of halogens is 3. The summed E-state index contributed by atoms with van der Waals surface area (Å²) in [5.41, 5.74) is 0.808. The lowest BCUT2D eigenvalue weighted by Crippen LogP contribution is -2.28. The minimum atomic E-state index is -4.83. The largest absolute Gasteiger partial charge is 0.497 e. The molecule has 0 spiro atoms. The molecule has 0 saturated heterocycles. The van der Waals surface area contributed by atoms with Crippen molar-refractivity contribution < 1.29 is 26.3 Å². The zero-order valence-electron chi connectivity index (χ0n) is 11.7. The van der Waals surface area contributed by atoms with Crippen molar-refractivity contribution in [1.29, 1.82) is 0 Å². The Balaban J connectivity index is 2.52. The van der Waals surface area contributed by atoms with Gasteiger partial charge >= 0.3 is 6.18 Å². The van der Waals surface area contributed by atoms with E-state index >= 15 is 0 Å². The summed E-state index contributed by atoms with van der Waals surface area (Å²) >= 11 is 0. The third kappa shape index (κ3) is 4.00. The first-order chi connectivity index (χ1) is 10.1. The number of rotatable bonds is 4. The average molecular weight is 334 g/mol. The van der Waals surface area contributed by atoms with Gasteiger partial charge in [-0.15, -0.1) is 0 Å². The molecule has 9 heteroatoms. The van der Waals surface area contributed by atoms with Gasteiger partial charge in [-0.1, -0.05) is 6.07 Å². The molecule has 0 saturated carbocycles. The van der Waals surface area contributed by atoms with Gasteiger partial charge in [0.1, 0.15) is 5.75 Å². The van der Waals surface area contributed by atoms with Gasteiger partial charge in [-0.2, -0.15) is 13.2 Å². The van der Waals surface area contributed by atoms with Crippen LogP contribution in [0.5, 0.6) is 5.75 Å². The van der Waals surface area contributed by atoms with E-state index in [1.54, 1.807) is 25.1 Å². The third-order valence-corrected chi connectivity index (χ3v) is 4.00. The molecule has 0 amide bonds. The van der Waals surface area contributed by atoms with Crippen LogP contribution in [-0.2, 0) is 10.0 Å². The Morgan fingerprint density at radius 2 is 1.95 bits per heavy atom. The fraction of sp³-hybridized carbons (Fsp3) is 0.308. The number of methoxy groups -OCH3 is 1. The summed E-state index contributed by atoms with van der Waals surface area (Å²) in [5, 5.41) is 0.551. The molecule has 1 aromatic carbocycles. The standard InChI is InChI=1S/C13H13F3N2O3S/c1-8-3-4-9-5-10(21-2)6-11(12(9)17-8)18-22(19,20)7-13(14,15)16/h3-6,18H,7H2,1-2H3. The molecule has 0 aliphatic carbocycles. The van der Waals surface area contributed by atoms with E-state index in [1.165, 1.54) is 13.2 Å². The summed E-state index contributed by atoms with van der Waals surface area (Å²) < 4.78 is 67.2. The van der Waals surface area contributed by atoms with Crippen molar-refractivity contribution in [3.8, 4) is 5.75 Å². The van der Waals surface area contributed by atoms with Gasteiger partial charge in [0, 0.05) is 17.1 Å². The van der Waals surface area contributed by atoms with Gasteiger partial charge in [0.05, 0.1) is 18.3 Å². The highest BCUT2D eigenvalue weighted by Crippen LogP contribution is 2.30. The third-order valence-electron chi connectivity index (χ3n) is 2.76. The Kier molecular flexibility index (Phi) is 4.19. The van der Waals surface area contributed by atoms with E-state index in [1.807, 2.05) is 4.72 Å². The molecular weight excluding hydrogens is 321 g/mol. The van der Waals surface area contributed by atoms with Crippen LogP contribution in [0.1, 0.15) is 5.69 Å². The number of anilines is 1. The van der Waals surface area contributed by atoms with Crippen molar-refractivity contribution in [2.45, 2.75) is 13.1 Å². The van der Waals surface area contributed by atoms with Gasteiger partial charge < -0.3 is 4.74 Å². The predicted octanol–water partition coefficient (Wildman–Crippen LogP) is 2.86. The van der Waals surface area contributed by atoms with Crippen LogP contribution in [0.25, 0.3) is 10.9 Å². The second-order valence-electron chi connectivity index (χ2n) is 4.68. The Hall–Kier alpha value is -2.03. The van der Waals surface area contributed by atoms with Crippen molar-refractivity contribution in [3.05, 3.63) is 30.0 Å². The van der Waals surface area contributed by atoms with Crippen molar-refractivity contribution in [1.82, 2.24) is 4.98 Å². The molecule has 0 radical (unpaired) electrons. The molecule has 0 aliphatic heterocycles. The van der Waals surface area contributed by atoms with Crippen LogP contribution in [-0.4, -0.2) is 32.4 Å².